The Balaban J connectivity index is 1.54. The monoisotopic (exact) mass is 385 g/mol. The maximum absolute atomic E-state index is 12.1. The van der Waals surface area contributed by atoms with Crippen molar-refractivity contribution in [1.82, 2.24) is 15.6 Å². The van der Waals surface area contributed by atoms with E-state index >= 15 is 0 Å². The van der Waals surface area contributed by atoms with Crippen LogP contribution in [0.4, 0.5) is 0 Å². The first-order valence-corrected chi connectivity index (χ1v) is 9.41. The van der Waals surface area contributed by atoms with Gasteiger partial charge in [-0.2, -0.15) is 0 Å². The molecule has 1 saturated heterocycles. The third-order valence-electron chi connectivity index (χ3n) is 3.52. The molecule has 1 aliphatic rings. The van der Waals surface area contributed by atoms with Gasteiger partial charge in [0.2, 0.25) is 0 Å². The number of nitrogens with zero attached hydrogens (tertiary/aromatic N) is 1. The highest BCUT2D eigenvalue weighted by molar-refractivity contribution is 9.11. The molecule has 1 fully saturated rings. The molecule has 0 bridgehead atoms. The van der Waals surface area contributed by atoms with E-state index < -0.39 is 0 Å². The molecule has 0 radical (unpaired) electrons. The largest absolute Gasteiger partial charge is 0.351 e. The van der Waals surface area contributed by atoms with E-state index in [4.69, 9.17) is 0 Å². The molecule has 2 aromatic heterocycles. The van der Waals surface area contributed by atoms with Gasteiger partial charge in [-0.3, -0.25) is 4.79 Å². The standard InChI is InChI=1S/C14H16BrN3OS2/c15-12-2-1-11(21-12)14-18-10(8-20-14)13(19)17-6-4-9-3-5-16-7-9/h1-2,8-9,16H,3-7H2,(H,17,19). The van der Waals surface area contributed by atoms with Crippen LogP contribution in [0.2, 0.25) is 0 Å². The topological polar surface area (TPSA) is 54.0 Å². The van der Waals surface area contributed by atoms with Gasteiger partial charge < -0.3 is 10.6 Å². The van der Waals surface area contributed by atoms with Gasteiger partial charge in [0.1, 0.15) is 10.7 Å². The fraction of sp³-hybridized carbons (Fsp3) is 0.429. The second kappa shape index (κ2) is 7.00. The molecular formula is C14H16BrN3OS2. The summed E-state index contributed by atoms with van der Waals surface area (Å²) in [4.78, 5) is 17.6. The van der Waals surface area contributed by atoms with Crippen molar-refractivity contribution >= 4 is 44.5 Å². The van der Waals surface area contributed by atoms with Crippen LogP contribution in [-0.4, -0.2) is 30.5 Å². The van der Waals surface area contributed by atoms with Crippen LogP contribution < -0.4 is 10.6 Å². The maximum atomic E-state index is 12.1. The lowest BCUT2D eigenvalue weighted by atomic mass is 10.1. The van der Waals surface area contributed by atoms with Crippen molar-refractivity contribution in [3.8, 4) is 9.88 Å². The zero-order chi connectivity index (χ0) is 14.7. The molecule has 0 aliphatic carbocycles. The van der Waals surface area contributed by atoms with Gasteiger partial charge in [-0.15, -0.1) is 22.7 Å². The Bertz CT molecular complexity index is 619. The van der Waals surface area contributed by atoms with Crippen LogP contribution in [0.25, 0.3) is 9.88 Å². The molecule has 1 atom stereocenters. The number of aromatic nitrogens is 1. The van der Waals surface area contributed by atoms with E-state index in [1.807, 2.05) is 17.5 Å². The maximum Gasteiger partial charge on any atom is 0.270 e. The molecule has 1 unspecified atom stereocenters. The predicted octanol–water partition coefficient (Wildman–Crippen LogP) is 3.36. The molecule has 21 heavy (non-hydrogen) atoms. The molecule has 3 rings (SSSR count). The molecule has 7 heteroatoms. The van der Waals surface area contributed by atoms with E-state index in [1.54, 1.807) is 11.3 Å². The van der Waals surface area contributed by atoms with Crippen LogP contribution in [-0.2, 0) is 0 Å². The van der Waals surface area contributed by atoms with Gasteiger partial charge in [-0.05, 0) is 59.9 Å². The summed E-state index contributed by atoms with van der Waals surface area (Å²) in [6.07, 6.45) is 2.25. The fourth-order valence-corrected chi connectivity index (χ4v) is 4.62. The third kappa shape index (κ3) is 3.91. The number of amides is 1. The van der Waals surface area contributed by atoms with Gasteiger partial charge >= 0.3 is 0 Å². The quantitative estimate of drug-likeness (QED) is 0.829. The lowest BCUT2D eigenvalue weighted by Gasteiger charge is -2.08. The molecule has 4 nitrogen and oxygen atoms in total. The zero-order valence-corrected chi connectivity index (χ0v) is 14.6. The van der Waals surface area contributed by atoms with Crippen molar-refractivity contribution in [2.75, 3.05) is 19.6 Å². The van der Waals surface area contributed by atoms with Crippen LogP contribution in [0.15, 0.2) is 21.3 Å². The number of nitrogens with one attached hydrogen (secondary N) is 2. The van der Waals surface area contributed by atoms with E-state index in [9.17, 15) is 4.79 Å². The van der Waals surface area contributed by atoms with Gasteiger partial charge in [-0.25, -0.2) is 4.98 Å². The van der Waals surface area contributed by atoms with Gasteiger partial charge in [0.15, 0.2) is 0 Å². The second-order valence-electron chi connectivity index (χ2n) is 5.05. The van der Waals surface area contributed by atoms with Crippen molar-refractivity contribution in [3.63, 3.8) is 0 Å². The summed E-state index contributed by atoms with van der Waals surface area (Å²) in [5, 5.41) is 9.03. The molecule has 0 saturated carbocycles. The summed E-state index contributed by atoms with van der Waals surface area (Å²) in [5.74, 6) is 0.624. The average molecular weight is 386 g/mol. The number of carbonyl (C=O) groups excluding carboxylic acids is 1. The Morgan fingerprint density at radius 1 is 1.52 bits per heavy atom. The van der Waals surface area contributed by atoms with Crippen LogP contribution in [0.1, 0.15) is 23.3 Å². The van der Waals surface area contributed by atoms with Gasteiger partial charge in [0, 0.05) is 11.9 Å². The molecular weight excluding hydrogens is 370 g/mol. The predicted molar refractivity (Wildman–Crippen MR) is 91.1 cm³/mol. The fourth-order valence-electron chi connectivity index (χ4n) is 2.36. The summed E-state index contributed by atoms with van der Waals surface area (Å²) in [5.41, 5.74) is 0.518. The SMILES string of the molecule is O=C(NCCC1CCNC1)c1csc(-c2ccc(Br)s2)n1. The summed E-state index contributed by atoms with van der Waals surface area (Å²) < 4.78 is 1.07. The number of thiazole rings is 1. The van der Waals surface area contributed by atoms with Crippen molar-refractivity contribution in [3.05, 3.63) is 27.0 Å². The third-order valence-corrected chi connectivity index (χ3v) is 6.16. The molecule has 3 heterocycles. The van der Waals surface area contributed by atoms with Crippen molar-refractivity contribution in [1.29, 1.82) is 0 Å². The van der Waals surface area contributed by atoms with Gasteiger partial charge in [-0.1, -0.05) is 0 Å². The number of carbonyl (C=O) groups is 1. The molecule has 1 amide bonds. The molecule has 2 N–H and O–H groups in total. The van der Waals surface area contributed by atoms with Crippen LogP contribution >= 0.6 is 38.6 Å². The van der Waals surface area contributed by atoms with Gasteiger partial charge in [0.05, 0.1) is 8.66 Å². The Labute approximate surface area is 140 Å². The molecule has 112 valence electrons. The lowest BCUT2D eigenvalue weighted by molar-refractivity contribution is 0.0947. The minimum absolute atomic E-state index is 0.0703. The first-order chi connectivity index (χ1) is 10.2. The Morgan fingerprint density at radius 2 is 2.43 bits per heavy atom. The summed E-state index contributed by atoms with van der Waals surface area (Å²) in [6, 6.07) is 4.01. The Morgan fingerprint density at radius 3 is 3.14 bits per heavy atom. The van der Waals surface area contributed by atoms with Gasteiger partial charge in [0.25, 0.3) is 5.91 Å². The molecule has 1 aliphatic heterocycles. The molecule has 2 aromatic rings. The van der Waals surface area contributed by atoms with E-state index in [2.05, 4.69) is 31.5 Å². The van der Waals surface area contributed by atoms with Crippen LogP contribution in [0.3, 0.4) is 0 Å². The molecule has 0 aromatic carbocycles. The van der Waals surface area contributed by atoms with Crippen LogP contribution in [0, 0.1) is 5.92 Å². The summed E-state index contributed by atoms with van der Waals surface area (Å²) in [7, 11) is 0. The number of hydrogen-bond donors (Lipinski definition) is 2. The zero-order valence-electron chi connectivity index (χ0n) is 11.4. The number of hydrogen-bond acceptors (Lipinski definition) is 5. The normalized spacial score (nSPS) is 18.0. The summed E-state index contributed by atoms with van der Waals surface area (Å²) >= 11 is 6.58. The summed E-state index contributed by atoms with van der Waals surface area (Å²) in [6.45, 7) is 2.90. The van der Waals surface area contributed by atoms with Crippen molar-refractivity contribution in [2.45, 2.75) is 12.8 Å². The Kier molecular flexibility index (Phi) is 5.05. The average Bonchev–Trinajstić information content (AvgIpc) is 3.19. The van der Waals surface area contributed by atoms with Crippen molar-refractivity contribution < 1.29 is 4.79 Å². The minimum atomic E-state index is -0.0703. The van der Waals surface area contributed by atoms with Crippen molar-refractivity contribution in [2.24, 2.45) is 5.92 Å². The van der Waals surface area contributed by atoms with E-state index in [-0.39, 0.29) is 5.91 Å². The second-order valence-corrected chi connectivity index (χ2v) is 8.37. The Hall–Kier alpha value is -0.760. The first-order valence-electron chi connectivity index (χ1n) is 6.92. The minimum Gasteiger partial charge on any atom is -0.351 e. The number of rotatable bonds is 5. The highest BCUT2D eigenvalue weighted by Gasteiger charge is 2.16. The van der Waals surface area contributed by atoms with E-state index in [0.717, 1.165) is 39.7 Å². The van der Waals surface area contributed by atoms with E-state index in [0.29, 0.717) is 11.6 Å². The lowest BCUT2D eigenvalue weighted by Crippen LogP contribution is -2.26. The number of thiophene rings is 1. The smallest absolute Gasteiger partial charge is 0.270 e. The van der Waals surface area contributed by atoms with Crippen LogP contribution in [0.5, 0.6) is 0 Å². The highest BCUT2D eigenvalue weighted by atomic mass is 79.9. The first kappa shape index (κ1) is 15.1. The number of halogens is 1. The van der Waals surface area contributed by atoms with E-state index in [1.165, 1.54) is 17.8 Å². The molecule has 0 spiro atoms. The highest BCUT2D eigenvalue weighted by Crippen LogP contribution is 2.33.